The standard InChI is InChI=1S/C10H9BrClFO2/c11-6-1-2-8(9(13)3-6)10-14-5-7(4-12)15-10/h1-3,7,10H,4-5H2. The molecule has 2 unspecified atom stereocenters. The minimum absolute atomic E-state index is 0.153. The highest BCUT2D eigenvalue weighted by Gasteiger charge is 2.28. The zero-order valence-corrected chi connectivity index (χ0v) is 10.1. The van der Waals surface area contributed by atoms with Crippen molar-refractivity contribution in [2.24, 2.45) is 0 Å². The van der Waals surface area contributed by atoms with Gasteiger partial charge in [0.2, 0.25) is 0 Å². The van der Waals surface area contributed by atoms with Gasteiger partial charge in [-0.3, -0.25) is 0 Å². The van der Waals surface area contributed by atoms with Crippen LogP contribution in [0.25, 0.3) is 0 Å². The second-order valence-electron chi connectivity index (χ2n) is 3.24. The molecule has 0 aliphatic carbocycles. The summed E-state index contributed by atoms with van der Waals surface area (Å²) in [5.74, 6) is 0.0128. The number of alkyl halides is 1. The quantitative estimate of drug-likeness (QED) is 0.780. The van der Waals surface area contributed by atoms with E-state index in [9.17, 15) is 4.39 Å². The molecule has 15 heavy (non-hydrogen) atoms. The molecule has 5 heteroatoms. The molecule has 0 saturated carbocycles. The largest absolute Gasteiger partial charge is 0.346 e. The van der Waals surface area contributed by atoms with E-state index >= 15 is 0 Å². The first-order valence-electron chi connectivity index (χ1n) is 4.48. The van der Waals surface area contributed by atoms with Gasteiger partial charge in [0.1, 0.15) is 5.82 Å². The predicted octanol–water partition coefficient (Wildman–Crippen LogP) is 3.24. The van der Waals surface area contributed by atoms with Crippen molar-refractivity contribution in [3.8, 4) is 0 Å². The van der Waals surface area contributed by atoms with Crippen LogP contribution in [-0.2, 0) is 9.47 Å². The summed E-state index contributed by atoms with van der Waals surface area (Å²) in [6.45, 7) is 0.406. The maximum Gasteiger partial charge on any atom is 0.187 e. The van der Waals surface area contributed by atoms with E-state index in [0.29, 0.717) is 22.5 Å². The molecule has 0 amide bonds. The van der Waals surface area contributed by atoms with Gasteiger partial charge in [-0.15, -0.1) is 11.6 Å². The van der Waals surface area contributed by atoms with Gasteiger partial charge in [-0.2, -0.15) is 0 Å². The van der Waals surface area contributed by atoms with Gasteiger partial charge in [-0.25, -0.2) is 4.39 Å². The van der Waals surface area contributed by atoms with E-state index in [1.165, 1.54) is 6.07 Å². The minimum Gasteiger partial charge on any atom is -0.346 e. The fourth-order valence-electron chi connectivity index (χ4n) is 1.38. The summed E-state index contributed by atoms with van der Waals surface area (Å²) in [6.07, 6.45) is -0.790. The van der Waals surface area contributed by atoms with Gasteiger partial charge >= 0.3 is 0 Å². The molecule has 0 radical (unpaired) electrons. The molecule has 1 aromatic rings. The lowest BCUT2D eigenvalue weighted by atomic mass is 10.2. The molecule has 0 aromatic heterocycles. The molecule has 2 nitrogen and oxygen atoms in total. The first-order valence-corrected chi connectivity index (χ1v) is 5.81. The Labute approximate surface area is 100 Å². The summed E-state index contributed by atoms with van der Waals surface area (Å²) in [5.41, 5.74) is 0.408. The molecule has 82 valence electrons. The van der Waals surface area contributed by atoms with Gasteiger partial charge in [0, 0.05) is 10.0 Å². The van der Waals surface area contributed by atoms with Crippen molar-refractivity contribution in [1.82, 2.24) is 0 Å². The van der Waals surface area contributed by atoms with E-state index in [0.717, 1.165) is 0 Å². The fourth-order valence-corrected chi connectivity index (χ4v) is 1.88. The normalized spacial score (nSPS) is 25.8. The summed E-state index contributed by atoms with van der Waals surface area (Å²) < 4.78 is 24.9. The first kappa shape index (κ1) is 11.3. The summed E-state index contributed by atoms with van der Waals surface area (Å²) in [4.78, 5) is 0. The topological polar surface area (TPSA) is 18.5 Å². The first-order chi connectivity index (χ1) is 7.20. The third-order valence-corrected chi connectivity index (χ3v) is 2.98. The molecular weight excluding hydrogens is 286 g/mol. The second kappa shape index (κ2) is 4.78. The van der Waals surface area contributed by atoms with Crippen molar-refractivity contribution in [1.29, 1.82) is 0 Å². The van der Waals surface area contributed by atoms with Crippen LogP contribution < -0.4 is 0 Å². The molecule has 1 saturated heterocycles. The van der Waals surface area contributed by atoms with Crippen molar-refractivity contribution >= 4 is 27.5 Å². The Hall–Kier alpha value is -0.160. The van der Waals surface area contributed by atoms with E-state index < -0.39 is 6.29 Å². The zero-order chi connectivity index (χ0) is 10.8. The maximum atomic E-state index is 13.5. The van der Waals surface area contributed by atoms with Crippen LogP contribution in [0.2, 0.25) is 0 Å². The van der Waals surface area contributed by atoms with Crippen molar-refractivity contribution in [2.75, 3.05) is 12.5 Å². The van der Waals surface area contributed by atoms with Gasteiger partial charge in [-0.1, -0.05) is 15.9 Å². The molecule has 1 fully saturated rings. The monoisotopic (exact) mass is 294 g/mol. The van der Waals surface area contributed by atoms with Crippen LogP contribution in [0.1, 0.15) is 11.9 Å². The van der Waals surface area contributed by atoms with Crippen LogP contribution in [0, 0.1) is 5.82 Å². The molecule has 2 rings (SSSR count). The molecule has 1 aromatic carbocycles. The van der Waals surface area contributed by atoms with Gasteiger partial charge in [0.15, 0.2) is 6.29 Å². The highest BCUT2D eigenvalue weighted by Crippen LogP contribution is 2.30. The molecule has 0 N–H and O–H groups in total. The Kier molecular flexibility index (Phi) is 3.61. The van der Waals surface area contributed by atoms with Gasteiger partial charge in [0.05, 0.1) is 18.6 Å². The Balaban J connectivity index is 2.17. The van der Waals surface area contributed by atoms with Gasteiger partial charge in [-0.05, 0) is 18.2 Å². The van der Waals surface area contributed by atoms with Crippen molar-refractivity contribution in [3.63, 3.8) is 0 Å². The maximum absolute atomic E-state index is 13.5. The van der Waals surface area contributed by atoms with Crippen LogP contribution in [0.3, 0.4) is 0 Å². The second-order valence-corrected chi connectivity index (χ2v) is 4.47. The average Bonchev–Trinajstić information content (AvgIpc) is 2.66. The number of hydrogen-bond donors (Lipinski definition) is 0. The summed E-state index contributed by atoms with van der Waals surface area (Å²) >= 11 is 8.81. The molecule has 1 heterocycles. The van der Waals surface area contributed by atoms with E-state index in [1.807, 2.05) is 0 Å². The fraction of sp³-hybridized carbons (Fsp3) is 0.400. The van der Waals surface area contributed by atoms with E-state index in [4.69, 9.17) is 21.1 Å². The lowest BCUT2D eigenvalue weighted by Gasteiger charge is -2.11. The van der Waals surface area contributed by atoms with Crippen molar-refractivity contribution < 1.29 is 13.9 Å². The SMILES string of the molecule is Fc1cc(Br)ccc1C1OCC(CCl)O1. The van der Waals surface area contributed by atoms with Crippen molar-refractivity contribution in [2.45, 2.75) is 12.4 Å². The zero-order valence-electron chi connectivity index (χ0n) is 7.75. The number of benzene rings is 1. The molecule has 1 aliphatic heterocycles. The predicted molar refractivity (Wildman–Crippen MR) is 58.4 cm³/mol. The third-order valence-electron chi connectivity index (χ3n) is 2.14. The molecule has 0 spiro atoms. The van der Waals surface area contributed by atoms with Crippen molar-refractivity contribution in [3.05, 3.63) is 34.1 Å². The number of ether oxygens (including phenoxy) is 2. The summed E-state index contributed by atoms with van der Waals surface area (Å²) in [5, 5.41) is 0. The lowest BCUT2D eigenvalue weighted by molar-refractivity contribution is -0.0589. The summed E-state index contributed by atoms with van der Waals surface area (Å²) in [7, 11) is 0. The van der Waals surface area contributed by atoms with E-state index in [1.54, 1.807) is 12.1 Å². The highest BCUT2D eigenvalue weighted by molar-refractivity contribution is 9.10. The molecule has 0 bridgehead atoms. The number of halogens is 3. The van der Waals surface area contributed by atoms with Crippen LogP contribution in [0.4, 0.5) is 4.39 Å². The van der Waals surface area contributed by atoms with Gasteiger partial charge < -0.3 is 9.47 Å². The van der Waals surface area contributed by atoms with Crippen LogP contribution in [0.15, 0.2) is 22.7 Å². The molecule has 2 atom stereocenters. The Morgan fingerprint density at radius 1 is 1.53 bits per heavy atom. The third kappa shape index (κ3) is 2.50. The number of hydrogen-bond acceptors (Lipinski definition) is 2. The summed E-state index contributed by atoms with van der Waals surface area (Å²) in [6, 6.07) is 4.77. The minimum atomic E-state index is -0.637. The Morgan fingerprint density at radius 3 is 2.93 bits per heavy atom. The lowest BCUT2D eigenvalue weighted by Crippen LogP contribution is -2.11. The van der Waals surface area contributed by atoms with Crippen LogP contribution in [0.5, 0.6) is 0 Å². The smallest absolute Gasteiger partial charge is 0.187 e. The Morgan fingerprint density at radius 2 is 2.33 bits per heavy atom. The number of rotatable bonds is 2. The van der Waals surface area contributed by atoms with E-state index in [-0.39, 0.29) is 11.9 Å². The molecule has 1 aliphatic rings. The highest BCUT2D eigenvalue weighted by atomic mass is 79.9. The Bertz CT molecular complexity index is 361. The average molecular weight is 296 g/mol. The van der Waals surface area contributed by atoms with E-state index in [2.05, 4.69) is 15.9 Å². The van der Waals surface area contributed by atoms with Gasteiger partial charge in [0.25, 0.3) is 0 Å². The van der Waals surface area contributed by atoms with Crippen LogP contribution in [-0.4, -0.2) is 18.6 Å². The van der Waals surface area contributed by atoms with Crippen LogP contribution >= 0.6 is 27.5 Å². The molecular formula is C10H9BrClFO2.